The minimum atomic E-state index is 0.333. The number of hydrogen-bond donors (Lipinski definition) is 0. The molecule has 0 saturated heterocycles. The lowest BCUT2D eigenvalue weighted by Gasteiger charge is -2.07. The monoisotopic (exact) mass is 163 g/mol. The van der Waals surface area contributed by atoms with Gasteiger partial charge in [0.25, 0.3) is 0 Å². The summed E-state index contributed by atoms with van der Waals surface area (Å²) in [5, 5.41) is 4.28. The van der Waals surface area contributed by atoms with Crippen LogP contribution in [0, 0.1) is 20.4 Å². The molecule has 0 unspecified atom stereocenters. The molecule has 1 aromatic rings. The van der Waals surface area contributed by atoms with Gasteiger partial charge in [0.15, 0.2) is 0 Å². The lowest BCUT2D eigenvalue weighted by atomic mass is 10.3. The van der Waals surface area contributed by atoms with Gasteiger partial charge in [0.1, 0.15) is 0 Å². The summed E-state index contributed by atoms with van der Waals surface area (Å²) in [4.78, 5) is 3.44. The Morgan fingerprint density at radius 1 is 1.42 bits per heavy atom. The highest BCUT2D eigenvalue weighted by Crippen LogP contribution is 2.24. The van der Waals surface area contributed by atoms with Crippen molar-refractivity contribution in [1.82, 2.24) is 9.78 Å². The van der Waals surface area contributed by atoms with Gasteiger partial charge >= 0.3 is 0 Å². The van der Waals surface area contributed by atoms with E-state index in [1.165, 1.54) is 0 Å². The van der Waals surface area contributed by atoms with Crippen molar-refractivity contribution in [3.8, 4) is 0 Å². The molecule has 0 N–H and O–H groups in total. The number of nitrogens with zero attached hydrogens (tertiary/aromatic N) is 3. The Hall–Kier alpha value is -1.30. The normalized spacial score (nSPS) is 10.3. The van der Waals surface area contributed by atoms with Crippen LogP contribution in [0.1, 0.15) is 31.3 Å². The van der Waals surface area contributed by atoms with Gasteiger partial charge in [-0.15, -0.1) is 0 Å². The maximum atomic E-state index is 6.95. The van der Waals surface area contributed by atoms with Crippen LogP contribution in [-0.2, 0) is 0 Å². The summed E-state index contributed by atoms with van der Waals surface area (Å²) in [5.41, 5.74) is 2.50. The molecule has 0 aliphatic heterocycles. The molecule has 0 aliphatic carbocycles. The van der Waals surface area contributed by atoms with Crippen molar-refractivity contribution >= 4 is 5.69 Å². The minimum Gasteiger partial charge on any atom is -0.279 e. The average molecular weight is 163 g/mol. The Labute approximate surface area is 72.8 Å². The van der Waals surface area contributed by atoms with Crippen LogP contribution in [0.15, 0.2) is 0 Å². The Kier molecular flexibility index (Phi) is 2.18. The predicted molar refractivity (Wildman–Crippen MR) is 48.3 cm³/mol. The second-order valence-corrected chi connectivity index (χ2v) is 3.17. The zero-order valence-electron chi connectivity index (χ0n) is 7.92. The van der Waals surface area contributed by atoms with Gasteiger partial charge in [-0.3, -0.25) is 4.68 Å². The van der Waals surface area contributed by atoms with Crippen molar-refractivity contribution in [3.63, 3.8) is 0 Å². The molecule has 64 valence electrons. The fraction of sp³-hybridized carbons (Fsp3) is 0.556. The Morgan fingerprint density at radius 3 is 2.25 bits per heavy atom. The van der Waals surface area contributed by atoms with E-state index < -0.39 is 0 Å². The first kappa shape index (κ1) is 8.79. The number of aryl methyl sites for hydroxylation is 1. The molecule has 1 heterocycles. The number of aromatic nitrogens is 2. The molecule has 1 rings (SSSR count). The summed E-state index contributed by atoms with van der Waals surface area (Å²) < 4.78 is 1.89. The van der Waals surface area contributed by atoms with Crippen molar-refractivity contribution in [2.45, 2.75) is 33.7 Å². The Morgan fingerprint density at radius 2 is 2.00 bits per heavy atom. The summed E-state index contributed by atoms with van der Waals surface area (Å²) in [6.45, 7) is 14.9. The highest BCUT2D eigenvalue weighted by molar-refractivity contribution is 5.52. The summed E-state index contributed by atoms with van der Waals surface area (Å²) in [6, 6.07) is 0.333. The molecule has 0 atom stereocenters. The maximum absolute atomic E-state index is 6.95. The topological polar surface area (TPSA) is 22.2 Å². The molecule has 0 spiro atoms. The lowest BCUT2D eigenvalue weighted by Crippen LogP contribution is -2.04. The van der Waals surface area contributed by atoms with Gasteiger partial charge in [-0.05, 0) is 27.7 Å². The summed E-state index contributed by atoms with van der Waals surface area (Å²) in [7, 11) is 0. The van der Waals surface area contributed by atoms with Crippen LogP contribution in [0.2, 0.25) is 0 Å². The third kappa shape index (κ3) is 1.20. The Bertz CT molecular complexity index is 328. The quantitative estimate of drug-likeness (QED) is 0.583. The minimum absolute atomic E-state index is 0.333. The van der Waals surface area contributed by atoms with E-state index in [1.54, 1.807) is 0 Å². The van der Waals surface area contributed by atoms with Gasteiger partial charge in [0.05, 0.1) is 12.3 Å². The van der Waals surface area contributed by atoms with Gasteiger partial charge in [0.2, 0.25) is 5.69 Å². The third-order valence-electron chi connectivity index (χ3n) is 1.89. The molecule has 1 aromatic heterocycles. The first-order valence-electron chi connectivity index (χ1n) is 4.01. The molecule has 3 heteroatoms. The summed E-state index contributed by atoms with van der Waals surface area (Å²) in [6.07, 6.45) is 0. The standard InChI is InChI=1S/C9H13N3/c1-6(2)12-8(4)9(10-5)7(3)11-12/h6H,1-4H3. The SMILES string of the molecule is [C-]#[N+]c1c(C)nn(C(C)C)c1C. The second kappa shape index (κ2) is 2.98. The van der Waals surface area contributed by atoms with Crippen LogP contribution in [0.5, 0.6) is 0 Å². The maximum Gasteiger partial charge on any atom is 0.230 e. The molecule has 0 radical (unpaired) electrons. The van der Waals surface area contributed by atoms with E-state index in [1.807, 2.05) is 18.5 Å². The summed E-state index contributed by atoms with van der Waals surface area (Å²) >= 11 is 0. The molecule has 0 aliphatic rings. The van der Waals surface area contributed by atoms with Gasteiger partial charge in [-0.1, -0.05) is 0 Å². The van der Waals surface area contributed by atoms with Gasteiger partial charge in [0, 0.05) is 11.7 Å². The van der Waals surface area contributed by atoms with E-state index in [0.29, 0.717) is 11.7 Å². The van der Waals surface area contributed by atoms with Gasteiger partial charge in [-0.2, -0.15) is 5.10 Å². The van der Waals surface area contributed by atoms with Gasteiger partial charge in [-0.25, -0.2) is 4.85 Å². The van der Waals surface area contributed by atoms with Crippen molar-refractivity contribution in [2.75, 3.05) is 0 Å². The van der Waals surface area contributed by atoms with Crippen molar-refractivity contribution in [2.24, 2.45) is 0 Å². The van der Waals surface area contributed by atoms with E-state index in [0.717, 1.165) is 11.4 Å². The smallest absolute Gasteiger partial charge is 0.230 e. The van der Waals surface area contributed by atoms with E-state index in [2.05, 4.69) is 23.8 Å². The van der Waals surface area contributed by atoms with E-state index >= 15 is 0 Å². The van der Waals surface area contributed by atoms with Crippen LogP contribution in [0.3, 0.4) is 0 Å². The fourth-order valence-corrected chi connectivity index (χ4v) is 1.32. The zero-order chi connectivity index (χ0) is 9.30. The molecule has 0 bridgehead atoms. The van der Waals surface area contributed by atoms with E-state index in [9.17, 15) is 0 Å². The van der Waals surface area contributed by atoms with Crippen LogP contribution >= 0.6 is 0 Å². The van der Waals surface area contributed by atoms with Crippen molar-refractivity contribution < 1.29 is 0 Å². The molecule has 12 heavy (non-hydrogen) atoms. The van der Waals surface area contributed by atoms with Crippen LogP contribution in [0.25, 0.3) is 4.85 Å². The molecule has 0 saturated carbocycles. The predicted octanol–water partition coefficient (Wildman–Crippen LogP) is 2.63. The van der Waals surface area contributed by atoms with Crippen molar-refractivity contribution in [3.05, 3.63) is 22.8 Å². The Balaban J connectivity index is 3.29. The molecule has 0 fully saturated rings. The molecule has 0 amide bonds. The fourth-order valence-electron chi connectivity index (χ4n) is 1.32. The molecule has 3 nitrogen and oxygen atoms in total. The van der Waals surface area contributed by atoms with E-state index in [-0.39, 0.29) is 0 Å². The number of hydrogen-bond acceptors (Lipinski definition) is 1. The van der Waals surface area contributed by atoms with Crippen LogP contribution in [0.4, 0.5) is 5.69 Å². The van der Waals surface area contributed by atoms with Crippen LogP contribution < -0.4 is 0 Å². The zero-order valence-corrected chi connectivity index (χ0v) is 7.92. The first-order valence-corrected chi connectivity index (χ1v) is 4.01. The van der Waals surface area contributed by atoms with Crippen LogP contribution in [-0.4, -0.2) is 9.78 Å². The second-order valence-electron chi connectivity index (χ2n) is 3.17. The molecular formula is C9H13N3. The third-order valence-corrected chi connectivity index (χ3v) is 1.89. The molecule has 0 aromatic carbocycles. The first-order chi connectivity index (χ1) is 5.57. The summed E-state index contributed by atoms with van der Waals surface area (Å²) in [5.74, 6) is 0. The van der Waals surface area contributed by atoms with E-state index in [4.69, 9.17) is 6.57 Å². The average Bonchev–Trinajstić information content (AvgIpc) is 2.27. The molecular weight excluding hydrogens is 150 g/mol. The lowest BCUT2D eigenvalue weighted by molar-refractivity contribution is 0.516. The largest absolute Gasteiger partial charge is 0.279 e. The highest BCUT2D eigenvalue weighted by atomic mass is 15.3. The highest BCUT2D eigenvalue weighted by Gasteiger charge is 2.12. The van der Waals surface area contributed by atoms with Gasteiger partial charge < -0.3 is 0 Å². The number of rotatable bonds is 1. The van der Waals surface area contributed by atoms with Crippen molar-refractivity contribution in [1.29, 1.82) is 0 Å².